The molecule has 0 atom stereocenters. The highest BCUT2D eigenvalue weighted by Gasteiger charge is 2.36. The van der Waals surface area contributed by atoms with E-state index in [2.05, 4.69) is 0 Å². The van der Waals surface area contributed by atoms with Crippen LogP contribution in [-0.4, -0.2) is 59.6 Å². The molecule has 0 unspecified atom stereocenters. The first-order valence-corrected chi connectivity index (χ1v) is 12.8. The minimum absolute atomic E-state index is 0. The van der Waals surface area contributed by atoms with Gasteiger partial charge in [-0.15, -0.1) is 24.8 Å². The number of imide groups is 2. The number of benzene rings is 5. The van der Waals surface area contributed by atoms with Crippen LogP contribution < -0.4 is 11.5 Å². The van der Waals surface area contributed by atoms with E-state index in [-0.39, 0.29) is 61.5 Å². The van der Waals surface area contributed by atoms with Gasteiger partial charge in [-0.25, -0.2) is 0 Å². The normalized spacial score (nSPS) is 14.6. The fraction of sp³-hybridized carbons (Fsp3) is 0.200. The number of carbonyl (C=O) groups excluding carboxylic acids is 4. The molecule has 5 aromatic rings. The smallest absolute Gasteiger partial charge is 0.261 e. The summed E-state index contributed by atoms with van der Waals surface area (Å²) < 4.78 is 0. The van der Waals surface area contributed by atoms with Crippen molar-refractivity contribution >= 4 is 91.5 Å². The van der Waals surface area contributed by atoms with Crippen LogP contribution >= 0.6 is 24.8 Å². The third-order valence-electron chi connectivity index (χ3n) is 7.98. The number of nitrogens with two attached hydrogens (primary N) is 2. The molecule has 0 saturated heterocycles. The highest BCUT2D eigenvalue weighted by atomic mass is 35.5. The molecule has 7 rings (SSSR count). The summed E-state index contributed by atoms with van der Waals surface area (Å²) in [5.74, 6) is -1.26. The highest BCUT2D eigenvalue weighted by molar-refractivity contribution is 6.41. The van der Waals surface area contributed by atoms with Gasteiger partial charge in [-0.05, 0) is 82.5 Å². The lowest BCUT2D eigenvalue weighted by molar-refractivity contribution is 0.0594. The molecular formula is C30H26Cl2N4O4. The minimum atomic E-state index is -0.315. The van der Waals surface area contributed by atoms with Crippen LogP contribution in [0.1, 0.15) is 54.3 Å². The van der Waals surface area contributed by atoms with Crippen LogP contribution in [0.25, 0.3) is 43.1 Å². The number of carbonyl (C=O) groups is 4. The number of fused-ring (bicyclic) bond motifs is 2. The maximum atomic E-state index is 13.4. The second-order valence-electron chi connectivity index (χ2n) is 9.95. The van der Waals surface area contributed by atoms with Gasteiger partial charge in [0.25, 0.3) is 23.6 Å². The molecule has 10 heteroatoms. The Hall–Kier alpha value is -3.82. The molecule has 0 bridgehead atoms. The first-order chi connectivity index (χ1) is 18.5. The van der Waals surface area contributed by atoms with Gasteiger partial charge in [0.15, 0.2) is 0 Å². The van der Waals surface area contributed by atoms with Crippen molar-refractivity contribution in [3.8, 4) is 0 Å². The fourth-order valence-corrected chi connectivity index (χ4v) is 6.27. The lowest BCUT2D eigenvalue weighted by atomic mass is 9.82. The summed E-state index contributed by atoms with van der Waals surface area (Å²) in [6, 6.07) is 14.8. The zero-order valence-electron chi connectivity index (χ0n) is 21.4. The molecule has 0 aromatic heterocycles. The maximum Gasteiger partial charge on any atom is 0.261 e. The van der Waals surface area contributed by atoms with Crippen molar-refractivity contribution < 1.29 is 19.2 Å². The molecular weight excluding hydrogens is 551 g/mol. The molecule has 5 aromatic carbocycles. The molecule has 40 heavy (non-hydrogen) atoms. The Balaban J connectivity index is 0.00000161. The van der Waals surface area contributed by atoms with E-state index >= 15 is 0 Å². The van der Waals surface area contributed by atoms with E-state index in [9.17, 15) is 19.2 Å². The number of hydrogen-bond donors (Lipinski definition) is 2. The monoisotopic (exact) mass is 576 g/mol. The molecule has 2 aliphatic heterocycles. The van der Waals surface area contributed by atoms with Crippen molar-refractivity contribution in [2.45, 2.75) is 12.8 Å². The molecule has 4 N–H and O–H groups in total. The van der Waals surface area contributed by atoms with E-state index in [0.29, 0.717) is 59.0 Å². The van der Waals surface area contributed by atoms with E-state index in [1.54, 1.807) is 24.3 Å². The Morgan fingerprint density at radius 1 is 0.450 bits per heavy atom. The van der Waals surface area contributed by atoms with E-state index < -0.39 is 0 Å². The molecule has 0 spiro atoms. The van der Waals surface area contributed by atoms with Gasteiger partial charge in [-0.2, -0.15) is 0 Å². The lowest BCUT2D eigenvalue weighted by Crippen LogP contribution is -2.41. The molecule has 0 saturated carbocycles. The summed E-state index contributed by atoms with van der Waals surface area (Å²) in [7, 11) is 0. The average Bonchev–Trinajstić information content (AvgIpc) is 2.93. The van der Waals surface area contributed by atoms with Gasteiger partial charge in [0.1, 0.15) is 0 Å². The van der Waals surface area contributed by atoms with Crippen molar-refractivity contribution in [2.75, 3.05) is 26.2 Å². The Kier molecular flexibility index (Phi) is 6.92. The van der Waals surface area contributed by atoms with Crippen LogP contribution in [0, 0.1) is 0 Å². The largest absolute Gasteiger partial charge is 0.330 e. The molecule has 204 valence electrons. The minimum Gasteiger partial charge on any atom is -0.330 e. The standard InChI is InChI=1S/C30H24N4O4.2ClH/c31-11-1-13-33-27(35)19-7-3-15-17-5-9-21-26-22(30(38)34(29(21)37)14-2-12-32)10-6-18(24(17)26)16-4-8-20(28(33)36)25(19)23(15)16;;/h3-10H,1-2,11-14,31-32H2;2*1H. The van der Waals surface area contributed by atoms with Crippen LogP contribution in [0.5, 0.6) is 0 Å². The predicted molar refractivity (Wildman–Crippen MR) is 160 cm³/mol. The van der Waals surface area contributed by atoms with Crippen LogP contribution in [0.15, 0.2) is 48.5 Å². The zero-order chi connectivity index (χ0) is 26.3. The summed E-state index contributed by atoms with van der Waals surface area (Å²) in [6.07, 6.45) is 1.07. The first kappa shape index (κ1) is 27.7. The Labute approximate surface area is 241 Å². The summed E-state index contributed by atoms with van der Waals surface area (Å²) in [5, 5.41) is 6.48. The summed E-state index contributed by atoms with van der Waals surface area (Å²) >= 11 is 0. The Morgan fingerprint density at radius 2 is 0.725 bits per heavy atom. The number of amides is 4. The topological polar surface area (TPSA) is 127 Å². The van der Waals surface area contributed by atoms with Gasteiger partial charge in [0, 0.05) is 46.1 Å². The van der Waals surface area contributed by atoms with E-state index in [0.717, 1.165) is 32.3 Å². The van der Waals surface area contributed by atoms with Crippen molar-refractivity contribution in [3.63, 3.8) is 0 Å². The summed E-state index contributed by atoms with van der Waals surface area (Å²) in [4.78, 5) is 56.1. The molecule has 0 fully saturated rings. The van der Waals surface area contributed by atoms with Gasteiger partial charge >= 0.3 is 0 Å². The molecule has 2 aliphatic rings. The molecule has 4 amide bonds. The van der Waals surface area contributed by atoms with Gasteiger partial charge in [0.2, 0.25) is 0 Å². The molecule has 0 radical (unpaired) electrons. The van der Waals surface area contributed by atoms with Crippen molar-refractivity contribution in [1.29, 1.82) is 0 Å². The van der Waals surface area contributed by atoms with E-state index in [4.69, 9.17) is 11.5 Å². The van der Waals surface area contributed by atoms with Gasteiger partial charge in [-0.3, -0.25) is 29.0 Å². The van der Waals surface area contributed by atoms with Gasteiger partial charge in [-0.1, -0.05) is 24.3 Å². The second-order valence-corrected chi connectivity index (χ2v) is 9.95. The third kappa shape index (κ3) is 3.47. The molecule has 0 aliphatic carbocycles. The molecule has 8 nitrogen and oxygen atoms in total. The van der Waals surface area contributed by atoms with Crippen molar-refractivity contribution in [1.82, 2.24) is 9.80 Å². The highest BCUT2D eigenvalue weighted by Crippen LogP contribution is 2.46. The lowest BCUT2D eigenvalue weighted by Gasteiger charge is -2.30. The van der Waals surface area contributed by atoms with Crippen LogP contribution in [0.3, 0.4) is 0 Å². The first-order valence-electron chi connectivity index (χ1n) is 12.8. The average molecular weight is 577 g/mol. The number of hydrogen-bond acceptors (Lipinski definition) is 6. The Bertz CT molecular complexity index is 1650. The summed E-state index contributed by atoms with van der Waals surface area (Å²) in [6.45, 7) is 1.32. The van der Waals surface area contributed by atoms with Crippen molar-refractivity contribution in [3.05, 3.63) is 70.8 Å². The van der Waals surface area contributed by atoms with Gasteiger partial charge in [0.05, 0.1) is 0 Å². The van der Waals surface area contributed by atoms with Gasteiger partial charge < -0.3 is 11.5 Å². The number of rotatable bonds is 6. The van der Waals surface area contributed by atoms with Crippen LogP contribution in [0.2, 0.25) is 0 Å². The fourth-order valence-electron chi connectivity index (χ4n) is 6.27. The van der Waals surface area contributed by atoms with E-state index in [1.807, 2.05) is 24.3 Å². The second kappa shape index (κ2) is 9.98. The third-order valence-corrected chi connectivity index (χ3v) is 7.98. The zero-order valence-corrected chi connectivity index (χ0v) is 23.0. The predicted octanol–water partition coefficient (Wildman–Crippen LogP) is 4.47. The van der Waals surface area contributed by atoms with Crippen molar-refractivity contribution in [2.24, 2.45) is 11.5 Å². The quantitative estimate of drug-likeness (QED) is 0.174. The van der Waals surface area contributed by atoms with E-state index in [1.165, 1.54) is 9.80 Å². The van der Waals surface area contributed by atoms with Crippen LogP contribution in [-0.2, 0) is 0 Å². The molecule has 2 heterocycles. The number of nitrogens with zero attached hydrogens (tertiary/aromatic N) is 2. The SMILES string of the molecule is Cl.Cl.NCCCN1C(=O)c2ccc3c4ccc5c6c(ccc(c7ccc(c2c37)C1=O)c64)C(=O)N(CCCN)C5=O. The summed E-state index contributed by atoms with van der Waals surface area (Å²) in [5.41, 5.74) is 13.2. The number of halogens is 2. The van der Waals surface area contributed by atoms with Crippen LogP contribution in [0.4, 0.5) is 0 Å². The maximum absolute atomic E-state index is 13.4. The Morgan fingerprint density at radius 3 is 0.975 bits per heavy atom.